The topological polar surface area (TPSA) is 91.4 Å². The van der Waals surface area contributed by atoms with E-state index in [-0.39, 0.29) is 11.6 Å². The van der Waals surface area contributed by atoms with Crippen molar-refractivity contribution in [3.63, 3.8) is 0 Å². The third-order valence-corrected chi connectivity index (χ3v) is 5.71. The van der Waals surface area contributed by atoms with Crippen molar-refractivity contribution in [2.75, 3.05) is 27.6 Å². The number of aliphatic hydroxyl groups excluding tert-OH is 1. The Hall–Kier alpha value is -3.08. The SMILES string of the molecule is COc1ccc(OC)c2c1CN(Cn1nc(-c3ccc4c(c3)OCO4)oc1=S)CC2O. The molecule has 31 heavy (non-hydrogen) atoms. The maximum Gasteiger partial charge on any atom is 0.288 e. The number of nitrogens with zero attached hydrogens (tertiary/aromatic N) is 3. The maximum atomic E-state index is 10.8. The number of β-amino-alcohol motifs (C(OH)–C–C–N with tert-alkyl or cyclic N) is 1. The van der Waals surface area contributed by atoms with Gasteiger partial charge in [-0.15, -0.1) is 5.10 Å². The Balaban J connectivity index is 1.41. The summed E-state index contributed by atoms with van der Waals surface area (Å²) < 4.78 is 29.0. The molecule has 0 aliphatic carbocycles. The molecule has 0 amide bonds. The molecular formula is C21H21N3O6S. The standard InChI is InChI=1S/C21H21N3O6S/c1-26-15-5-6-17(27-2)19-13(15)8-23(9-14(19)25)10-24-21(31)30-20(22-24)12-3-4-16-18(7-12)29-11-28-16/h3-7,14,25H,8-11H2,1-2H3. The zero-order valence-corrected chi connectivity index (χ0v) is 17.8. The minimum Gasteiger partial charge on any atom is -0.496 e. The zero-order valence-electron chi connectivity index (χ0n) is 17.0. The van der Waals surface area contributed by atoms with Crippen molar-refractivity contribution >= 4 is 12.2 Å². The fourth-order valence-corrected chi connectivity index (χ4v) is 4.16. The predicted molar refractivity (Wildman–Crippen MR) is 112 cm³/mol. The van der Waals surface area contributed by atoms with Crippen LogP contribution in [0.4, 0.5) is 0 Å². The summed E-state index contributed by atoms with van der Waals surface area (Å²) in [6.07, 6.45) is -0.733. The first-order valence-corrected chi connectivity index (χ1v) is 10.1. The van der Waals surface area contributed by atoms with E-state index in [4.69, 9.17) is 35.6 Å². The van der Waals surface area contributed by atoms with Crippen LogP contribution in [0.1, 0.15) is 17.2 Å². The Kier molecular flexibility index (Phi) is 5.05. The molecule has 3 heterocycles. The molecule has 1 unspecified atom stereocenters. The van der Waals surface area contributed by atoms with Crippen molar-refractivity contribution in [3.8, 4) is 34.5 Å². The maximum absolute atomic E-state index is 10.8. The van der Waals surface area contributed by atoms with E-state index in [1.165, 1.54) is 0 Å². The molecule has 1 aromatic heterocycles. The van der Waals surface area contributed by atoms with Crippen molar-refractivity contribution in [1.82, 2.24) is 14.7 Å². The Morgan fingerprint density at radius 3 is 2.71 bits per heavy atom. The smallest absolute Gasteiger partial charge is 0.288 e. The number of hydrogen-bond donors (Lipinski definition) is 1. The van der Waals surface area contributed by atoms with E-state index >= 15 is 0 Å². The monoisotopic (exact) mass is 443 g/mol. The summed E-state index contributed by atoms with van der Waals surface area (Å²) in [5, 5.41) is 15.3. The Morgan fingerprint density at radius 2 is 1.90 bits per heavy atom. The van der Waals surface area contributed by atoms with E-state index in [9.17, 15) is 5.11 Å². The van der Waals surface area contributed by atoms with Crippen molar-refractivity contribution in [2.45, 2.75) is 19.3 Å². The molecule has 10 heteroatoms. The highest BCUT2D eigenvalue weighted by molar-refractivity contribution is 7.71. The van der Waals surface area contributed by atoms with E-state index in [1.807, 2.05) is 35.2 Å². The number of methoxy groups -OCH3 is 2. The molecule has 3 aromatic rings. The number of fused-ring (bicyclic) bond motifs is 2. The third-order valence-electron chi connectivity index (χ3n) is 5.42. The van der Waals surface area contributed by atoms with E-state index in [0.717, 1.165) is 16.7 Å². The van der Waals surface area contributed by atoms with Gasteiger partial charge in [0.2, 0.25) is 12.7 Å². The van der Waals surface area contributed by atoms with Gasteiger partial charge in [-0.1, -0.05) is 0 Å². The second-order valence-electron chi connectivity index (χ2n) is 7.27. The van der Waals surface area contributed by atoms with Gasteiger partial charge >= 0.3 is 0 Å². The van der Waals surface area contributed by atoms with Gasteiger partial charge in [-0.2, -0.15) is 0 Å². The van der Waals surface area contributed by atoms with Crippen LogP contribution in [0, 0.1) is 4.84 Å². The van der Waals surface area contributed by atoms with Crippen molar-refractivity contribution in [3.05, 3.63) is 46.3 Å². The highest BCUT2D eigenvalue weighted by Crippen LogP contribution is 2.39. The average molecular weight is 443 g/mol. The quantitative estimate of drug-likeness (QED) is 0.597. The molecule has 0 saturated carbocycles. The summed E-state index contributed by atoms with van der Waals surface area (Å²) >= 11 is 5.38. The van der Waals surface area contributed by atoms with Gasteiger partial charge in [-0.3, -0.25) is 4.90 Å². The molecular weight excluding hydrogens is 422 g/mol. The number of aromatic nitrogens is 2. The van der Waals surface area contributed by atoms with Crippen LogP contribution in [0.3, 0.4) is 0 Å². The Morgan fingerprint density at radius 1 is 1.13 bits per heavy atom. The number of hydrogen-bond acceptors (Lipinski definition) is 9. The highest BCUT2D eigenvalue weighted by atomic mass is 32.1. The minimum atomic E-state index is -0.733. The molecule has 0 spiro atoms. The van der Waals surface area contributed by atoms with Crippen LogP contribution in [0.5, 0.6) is 23.0 Å². The number of aliphatic hydroxyl groups is 1. The molecule has 0 saturated heterocycles. The van der Waals surface area contributed by atoms with E-state index in [2.05, 4.69) is 5.10 Å². The minimum absolute atomic E-state index is 0.198. The van der Waals surface area contributed by atoms with E-state index in [0.29, 0.717) is 48.6 Å². The van der Waals surface area contributed by atoms with Crippen LogP contribution in [0.15, 0.2) is 34.7 Å². The summed E-state index contributed by atoms with van der Waals surface area (Å²) in [6.45, 7) is 1.48. The Bertz CT molecular complexity index is 1190. The second-order valence-corrected chi connectivity index (χ2v) is 7.62. The molecule has 2 aliphatic rings. The van der Waals surface area contributed by atoms with E-state index in [1.54, 1.807) is 18.9 Å². The van der Waals surface area contributed by atoms with Gasteiger partial charge in [-0.05, 0) is 42.5 Å². The van der Waals surface area contributed by atoms with Gasteiger partial charge < -0.3 is 28.5 Å². The average Bonchev–Trinajstić information content (AvgIpc) is 3.39. The summed E-state index contributed by atoms with van der Waals surface area (Å²) in [4.78, 5) is 2.27. The normalized spacial score (nSPS) is 17.5. The first kappa shape index (κ1) is 19.9. The van der Waals surface area contributed by atoms with Crippen molar-refractivity contribution in [2.24, 2.45) is 0 Å². The van der Waals surface area contributed by atoms with Gasteiger partial charge in [0, 0.05) is 29.8 Å². The highest BCUT2D eigenvalue weighted by Gasteiger charge is 2.30. The molecule has 1 N–H and O–H groups in total. The first-order chi connectivity index (χ1) is 15.1. The fourth-order valence-electron chi connectivity index (χ4n) is 3.98. The van der Waals surface area contributed by atoms with Crippen LogP contribution < -0.4 is 18.9 Å². The van der Waals surface area contributed by atoms with Gasteiger partial charge in [-0.25, -0.2) is 4.68 Å². The van der Waals surface area contributed by atoms with Gasteiger partial charge in [0.15, 0.2) is 11.5 Å². The summed E-state index contributed by atoms with van der Waals surface area (Å²) in [6, 6.07) is 9.12. The number of benzene rings is 2. The van der Waals surface area contributed by atoms with Gasteiger partial charge in [0.05, 0.1) is 27.0 Å². The number of rotatable bonds is 5. The van der Waals surface area contributed by atoms with Crippen molar-refractivity contribution in [1.29, 1.82) is 0 Å². The van der Waals surface area contributed by atoms with Crippen LogP contribution in [-0.2, 0) is 13.2 Å². The Labute approximate surface area is 183 Å². The first-order valence-electron chi connectivity index (χ1n) is 9.69. The molecule has 0 radical (unpaired) electrons. The fraction of sp³-hybridized carbons (Fsp3) is 0.333. The molecule has 5 rings (SSSR count). The van der Waals surface area contributed by atoms with Crippen LogP contribution in [0.25, 0.3) is 11.5 Å². The lowest BCUT2D eigenvalue weighted by atomic mass is 9.95. The summed E-state index contributed by atoms with van der Waals surface area (Å²) in [5.41, 5.74) is 2.37. The zero-order chi connectivity index (χ0) is 21.5. The summed E-state index contributed by atoms with van der Waals surface area (Å²) in [5.74, 6) is 3.06. The van der Waals surface area contributed by atoms with Gasteiger partial charge in [0.25, 0.3) is 4.84 Å². The van der Waals surface area contributed by atoms with Crippen LogP contribution in [-0.4, -0.2) is 47.3 Å². The molecule has 1 atom stereocenters. The molecule has 2 aromatic carbocycles. The molecule has 2 aliphatic heterocycles. The van der Waals surface area contributed by atoms with Crippen molar-refractivity contribution < 1.29 is 28.5 Å². The predicted octanol–water partition coefficient (Wildman–Crippen LogP) is 3.13. The van der Waals surface area contributed by atoms with Crippen LogP contribution in [0.2, 0.25) is 0 Å². The molecule has 9 nitrogen and oxygen atoms in total. The third kappa shape index (κ3) is 3.52. The number of ether oxygens (including phenoxy) is 4. The lowest BCUT2D eigenvalue weighted by Gasteiger charge is -2.33. The lowest BCUT2D eigenvalue weighted by Crippen LogP contribution is -2.35. The van der Waals surface area contributed by atoms with Gasteiger partial charge in [0.1, 0.15) is 11.5 Å². The summed E-state index contributed by atoms with van der Waals surface area (Å²) in [7, 11) is 3.20. The van der Waals surface area contributed by atoms with Crippen LogP contribution >= 0.6 is 12.2 Å². The molecule has 162 valence electrons. The van der Waals surface area contributed by atoms with E-state index < -0.39 is 6.10 Å². The lowest BCUT2D eigenvalue weighted by molar-refractivity contribution is 0.0665. The largest absolute Gasteiger partial charge is 0.496 e. The molecule has 0 bridgehead atoms. The second kappa shape index (κ2) is 7.88. The molecule has 0 fully saturated rings.